The Kier molecular flexibility index (Phi) is 2.78. The SMILES string of the molecule is Cc1nccc(C2C(N)CCC(=O)N2C2CC2)n1. The van der Waals surface area contributed by atoms with Gasteiger partial charge in [-0.2, -0.15) is 0 Å². The maximum atomic E-state index is 12.1. The van der Waals surface area contributed by atoms with Crippen molar-refractivity contribution < 1.29 is 4.79 Å². The predicted molar refractivity (Wildman–Crippen MR) is 66.6 cm³/mol. The van der Waals surface area contributed by atoms with Crippen molar-refractivity contribution in [1.82, 2.24) is 14.9 Å². The third-order valence-corrected chi connectivity index (χ3v) is 3.73. The van der Waals surface area contributed by atoms with E-state index in [0.29, 0.717) is 12.5 Å². The molecule has 2 heterocycles. The van der Waals surface area contributed by atoms with Crippen LogP contribution in [0.2, 0.25) is 0 Å². The summed E-state index contributed by atoms with van der Waals surface area (Å²) in [6, 6.07) is 2.17. The summed E-state index contributed by atoms with van der Waals surface area (Å²) in [5, 5.41) is 0. The Morgan fingerprint density at radius 3 is 2.83 bits per heavy atom. The summed E-state index contributed by atoms with van der Waals surface area (Å²) in [5.74, 6) is 0.953. The molecule has 2 N–H and O–H groups in total. The van der Waals surface area contributed by atoms with Gasteiger partial charge in [0.05, 0.1) is 11.7 Å². The topological polar surface area (TPSA) is 72.1 Å². The van der Waals surface area contributed by atoms with E-state index in [1.807, 2.05) is 17.9 Å². The van der Waals surface area contributed by atoms with Crippen molar-refractivity contribution in [3.05, 3.63) is 23.8 Å². The minimum atomic E-state index is -0.0690. The molecule has 1 aromatic rings. The highest BCUT2D eigenvalue weighted by Gasteiger charge is 2.43. The fraction of sp³-hybridized carbons (Fsp3) is 0.615. The molecule has 5 heteroatoms. The van der Waals surface area contributed by atoms with Gasteiger partial charge in [0.2, 0.25) is 5.91 Å². The highest BCUT2D eigenvalue weighted by Crippen LogP contribution is 2.39. The van der Waals surface area contributed by atoms with Crippen molar-refractivity contribution in [3.63, 3.8) is 0 Å². The van der Waals surface area contributed by atoms with Gasteiger partial charge in [-0.1, -0.05) is 0 Å². The second-order valence-electron chi connectivity index (χ2n) is 5.21. The Labute approximate surface area is 106 Å². The van der Waals surface area contributed by atoms with Gasteiger partial charge in [-0.3, -0.25) is 4.79 Å². The lowest BCUT2D eigenvalue weighted by Crippen LogP contribution is -2.50. The molecule has 1 aliphatic heterocycles. The highest BCUT2D eigenvalue weighted by molar-refractivity contribution is 5.78. The monoisotopic (exact) mass is 246 g/mol. The normalized spacial score (nSPS) is 28.6. The third kappa shape index (κ3) is 1.99. The molecule has 1 saturated heterocycles. The summed E-state index contributed by atoms with van der Waals surface area (Å²) in [6.07, 6.45) is 5.25. The molecule has 1 aromatic heterocycles. The predicted octanol–water partition coefficient (Wildman–Crippen LogP) is 0.938. The molecule has 0 spiro atoms. The summed E-state index contributed by atoms with van der Waals surface area (Å²) >= 11 is 0. The van der Waals surface area contributed by atoms with Crippen molar-refractivity contribution in [1.29, 1.82) is 0 Å². The molecule has 2 unspecified atom stereocenters. The van der Waals surface area contributed by atoms with Crippen LogP contribution in [0.3, 0.4) is 0 Å². The van der Waals surface area contributed by atoms with Gasteiger partial charge in [0.15, 0.2) is 0 Å². The van der Waals surface area contributed by atoms with Crippen LogP contribution in [0.25, 0.3) is 0 Å². The maximum absolute atomic E-state index is 12.1. The summed E-state index contributed by atoms with van der Waals surface area (Å²) in [7, 11) is 0. The van der Waals surface area contributed by atoms with E-state index < -0.39 is 0 Å². The van der Waals surface area contributed by atoms with E-state index in [4.69, 9.17) is 5.73 Å². The lowest BCUT2D eigenvalue weighted by molar-refractivity contribution is -0.138. The molecule has 0 aromatic carbocycles. The van der Waals surface area contributed by atoms with E-state index in [0.717, 1.165) is 30.8 Å². The molecular formula is C13H18N4O. The molecule has 1 saturated carbocycles. The Morgan fingerprint density at radius 2 is 2.17 bits per heavy atom. The number of likely N-dealkylation sites (tertiary alicyclic amines) is 1. The van der Waals surface area contributed by atoms with Crippen molar-refractivity contribution in [2.24, 2.45) is 5.73 Å². The van der Waals surface area contributed by atoms with Crippen molar-refractivity contribution in [3.8, 4) is 0 Å². The summed E-state index contributed by atoms with van der Waals surface area (Å²) in [4.78, 5) is 22.7. The van der Waals surface area contributed by atoms with Crippen molar-refractivity contribution >= 4 is 5.91 Å². The first-order chi connectivity index (χ1) is 8.66. The van der Waals surface area contributed by atoms with Gasteiger partial charge in [-0.25, -0.2) is 9.97 Å². The van der Waals surface area contributed by atoms with E-state index in [1.165, 1.54) is 0 Å². The molecule has 1 aliphatic carbocycles. The van der Waals surface area contributed by atoms with Gasteiger partial charge >= 0.3 is 0 Å². The fourth-order valence-electron chi connectivity index (χ4n) is 2.72. The Morgan fingerprint density at radius 1 is 1.39 bits per heavy atom. The van der Waals surface area contributed by atoms with Crippen LogP contribution >= 0.6 is 0 Å². The largest absolute Gasteiger partial charge is 0.330 e. The smallest absolute Gasteiger partial charge is 0.223 e. The molecular weight excluding hydrogens is 228 g/mol. The van der Waals surface area contributed by atoms with Gasteiger partial charge in [0.1, 0.15) is 5.82 Å². The first-order valence-electron chi connectivity index (χ1n) is 6.53. The van der Waals surface area contributed by atoms with E-state index in [2.05, 4.69) is 9.97 Å². The molecule has 18 heavy (non-hydrogen) atoms. The standard InChI is InChI=1S/C13H18N4O/c1-8-15-7-6-11(16-8)13-10(14)4-5-12(18)17(13)9-2-3-9/h6-7,9-10,13H,2-5,14H2,1H3. The average Bonchev–Trinajstić information content (AvgIpc) is 3.16. The Bertz CT molecular complexity index is 472. The number of piperidine rings is 1. The molecule has 96 valence electrons. The molecule has 2 aliphatic rings. The lowest BCUT2D eigenvalue weighted by atomic mass is 9.93. The number of nitrogens with two attached hydrogens (primary N) is 1. The molecule has 5 nitrogen and oxygen atoms in total. The number of hydrogen-bond donors (Lipinski definition) is 1. The van der Waals surface area contributed by atoms with Crippen LogP contribution in [0, 0.1) is 6.92 Å². The quantitative estimate of drug-likeness (QED) is 0.843. The third-order valence-electron chi connectivity index (χ3n) is 3.73. The number of hydrogen-bond acceptors (Lipinski definition) is 4. The molecule has 0 bridgehead atoms. The number of carbonyl (C=O) groups is 1. The van der Waals surface area contributed by atoms with E-state index in [-0.39, 0.29) is 18.0 Å². The van der Waals surface area contributed by atoms with Gasteiger partial charge in [-0.15, -0.1) is 0 Å². The minimum Gasteiger partial charge on any atom is -0.330 e. The van der Waals surface area contributed by atoms with Crippen LogP contribution in [0.1, 0.15) is 43.2 Å². The fourth-order valence-corrected chi connectivity index (χ4v) is 2.72. The van der Waals surface area contributed by atoms with Crippen LogP contribution in [0.4, 0.5) is 0 Å². The molecule has 3 rings (SSSR count). The lowest BCUT2D eigenvalue weighted by Gasteiger charge is -2.39. The van der Waals surface area contributed by atoms with Crippen LogP contribution in [-0.4, -0.2) is 32.9 Å². The molecule has 2 fully saturated rings. The van der Waals surface area contributed by atoms with Crippen molar-refractivity contribution in [2.45, 2.75) is 50.7 Å². The summed E-state index contributed by atoms with van der Waals surface area (Å²) in [5.41, 5.74) is 7.11. The number of amides is 1. The second-order valence-corrected chi connectivity index (χ2v) is 5.21. The second kappa shape index (κ2) is 4.31. The number of rotatable bonds is 2. The summed E-state index contributed by atoms with van der Waals surface area (Å²) in [6.45, 7) is 1.86. The molecule has 0 radical (unpaired) electrons. The first kappa shape index (κ1) is 11.6. The van der Waals surface area contributed by atoms with E-state index >= 15 is 0 Å². The number of aromatic nitrogens is 2. The first-order valence-corrected chi connectivity index (χ1v) is 6.53. The van der Waals surface area contributed by atoms with Gasteiger partial charge in [0, 0.05) is 24.7 Å². The molecule has 1 amide bonds. The van der Waals surface area contributed by atoms with E-state index in [1.54, 1.807) is 6.20 Å². The molecule has 2 atom stereocenters. The zero-order valence-electron chi connectivity index (χ0n) is 10.5. The minimum absolute atomic E-state index is 0.0161. The van der Waals surface area contributed by atoms with Crippen LogP contribution in [0.5, 0.6) is 0 Å². The van der Waals surface area contributed by atoms with E-state index in [9.17, 15) is 4.79 Å². The number of aryl methyl sites for hydroxylation is 1. The highest BCUT2D eigenvalue weighted by atomic mass is 16.2. The Balaban J connectivity index is 1.96. The number of nitrogens with zero attached hydrogens (tertiary/aromatic N) is 3. The zero-order valence-corrected chi connectivity index (χ0v) is 10.5. The average molecular weight is 246 g/mol. The van der Waals surface area contributed by atoms with Crippen molar-refractivity contribution in [2.75, 3.05) is 0 Å². The van der Waals surface area contributed by atoms with Crippen LogP contribution < -0.4 is 5.73 Å². The Hall–Kier alpha value is -1.49. The van der Waals surface area contributed by atoms with Gasteiger partial charge in [0.25, 0.3) is 0 Å². The van der Waals surface area contributed by atoms with Gasteiger partial charge < -0.3 is 10.6 Å². The van der Waals surface area contributed by atoms with Crippen LogP contribution in [0.15, 0.2) is 12.3 Å². The number of carbonyl (C=O) groups excluding carboxylic acids is 1. The zero-order chi connectivity index (χ0) is 12.7. The summed E-state index contributed by atoms with van der Waals surface area (Å²) < 4.78 is 0. The maximum Gasteiger partial charge on any atom is 0.223 e. The van der Waals surface area contributed by atoms with Gasteiger partial charge in [-0.05, 0) is 32.3 Å². The van der Waals surface area contributed by atoms with Crippen LogP contribution in [-0.2, 0) is 4.79 Å².